The first-order valence-electron chi connectivity index (χ1n) is 5.33. The average molecular weight is 233 g/mol. The normalized spacial score (nSPS) is 11.8. The van der Waals surface area contributed by atoms with E-state index in [1.165, 1.54) is 6.33 Å². The van der Waals surface area contributed by atoms with Gasteiger partial charge in [-0.15, -0.1) is 0 Å². The maximum absolute atomic E-state index is 11.9. The van der Waals surface area contributed by atoms with E-state index < -0.39 is 5.41 Å². The maximum atomic E-state index is 11.9. The van der Waals surface area contributed by atoms with Crippen LogP contribution in [0.15, 0.2) is 12.7 Å². The Morgan fingerprint density at radius 2 is 2.00 bits per heavy atom. The molecule has 0 bridgehead atoms. The molecular formula is C11H15N5O. The lowest BCUT2D eigenvalue weighted by Crippen LogP contribution is -2.28. The van der Waals surface area contributed by atoms with Crippen molar-refractivity contribution in [3.8, 4) is 0 Å². The number of fused-ring (bicyclic) bond motifs is 1. The Kier molecular flexibility index (Phi) is 2.57. The predicted octanol–water partition coefficient (Wildman–Crippen LogP) is 1.35. The fourth-order valence-electron chi connectivity index (χ4n) is 1.37. The summed E-state index contributed by atoms with van der Waals surface area (Å²) in [5, 5.41) is 2.80. The number of hydrogen-bond acceptors (Lipinski definition) is 4. The number of anilines is 1. The van der Waals surface area contributed by atoms with E-state index in [9.17, 15) is 4.79 Å². The van der Waals surface area contributed by atoms with Crippen molar-refractivity contribution in [3.05, 3.63) is 12.7 Å². The summed E-state index contributed by atoms with van der Waals surface area (Å²) >= 11 is 0. The zero-order valence-electron chi connectivity index (χ0n) is 10.4. The molecule has 0 spiro atoms. The zero-order chi connectivity index (χ0) is 12.6. The van der Waals surface area contributed by atoms with E-state index in [4.69, 9.17) is 0 Å². The van der Waals surface area contributed by atoms with Crippen LogP contribution in [-0.2, 0) is 11.8 Å². The van der Waals surface area contributed by atoms with Crippen molar-refractivity contribution in [1.82, 2.24) is 19.5 Å². The number of imidazole rings is 1. The number of carbonyl (C=O) groups excluding carboxylic acids is 1. The second-order valence-corrected chi connectivity index (χ2v) is 4.95. The van der Waals surface area contributed by atoms with Crippen LogP contribution in [0.5, 0.6) is 0 Å². The smallest absolute Gasteiger partial charge is 0.230 e. The Hall–Kier alpha value is -1.98. The van der Waals surface area contributed by atoms with Gasteiger partial charge >= 0.3 is 0 Å². The van der Waals surface area contributed by atoms with Crippen molar-refractivity contribution >= 4 is 22.9 Å². The van der Waals surface area contributed by atoms with Crippen LogP contribution >= 0.6 is 0 Å². The van der Waals surface area contributed by atoms with Gasteiger partial charge in [-0.2, -0.15) is 0 Å². The fraction of sp³-hybridized carbons (Fsp3) is 0.455. The Bertz CT molecular complexity index is 567. The van der Waals surface area contributed by atoms with E-state index in [1.54, 1.807) is 10.9 Å². The van der Waals surface area contributed by atoms with E-state index in [0.29, 0.717) is 11.5 Å². The molecule has 0 radical (unpaired) electrons. The minimum Gasteiger partial charge on any atom is -0.329 e. The van der Waals surface area contributed by atoms with Crippen molar-refractivity contribution in [2.24, 2.45) is 12.5 Å². The summed E-state index contributed by atoms with van der Waals surface area (Å²) in [6.07, 6.45) is 3.04. The third kappa shape index (κ3) is 2.11. The number of aromatic nitrogens is 4. The number of nitrogens with one attached hydrogen (secondary N) is 1. The van der Waals surface area contributed by atoms with E-state index in [2.05, 4.69) is 20.3 Å². The first-order valence-corrected chi connectivity index (χ1v) is 5.33. The van der Waals surface area contributed by atoms with Crippen molar-refractivity contribution in [2.45, 2.75) is 20.8 Å². The van der Waals surface area contributed by atoms with Crippen LogP contribution in [0.1, 0.15) is 20.8 Å². The molecular weight excluding hydrogens is 218 g/mol. The number of amides is 1. The molecule has 0 unspecified atom stereocenters. The highest BCUT2D eigenvalue weighted by Crippen LogP contribution is 2.20. The molecule has 1 amide bonds. The molecule has 0 saturated carbocycles. The molecule has 0 aliphatic heterocycles. The van der Waals surface area contributed by atoms with Gasteiger partial charge in [0.15, 0.2) is 11.5 Å². The second-order valence-electron chi connectivity index (χ2n) is 4.95. The molecule has 0 fully saturated rings. The van der Waals surface area contributed by atoms with Gasteiger partial charge in [0.2, 0.25) is 5.91 Å². The van der Waals surface area contributed by atoms with Gasteiger partial charge in [-0.1, -0.05) is 20.8 Å². The molecule has 2 aromatic rings. The van der Waals surface area contributed by atoms with Crippen molar-refractivity contribution < 1.29 is 4.79 Å². The monoisotopic (exact) mass is 233 g/mol. The van der Waals surface area contributed by atoms with Gasteiger partial charge in [0.25, 0.3) is 0 Å². The molecule has 2 rings (SSSR count). The molecule has 0 aliphatic rings. The molecule has 0 aromatic carbocycles. The van der Waals surface area contributed by atoms with Crippen LogP contribution in [-0.4, -0.2) is 25.4 Å². The quantitative estimate of drug-likeness (QED) is 0.806. The third-order valence-corrected chi connectivity index (χ3v) is 2.42. The first-order chi connectivity index (χ1) is 7.89. The number of nitrogens with zero attached hydrogens (tertiary/aromatic N) is 4. The van der Waals surface area contributed by atoms with Crippen LogP contribution in [0.3, 0.4) is 0 Å². The largest absolute Gasteiger partial charge is 0.329 e. The van der Waals surface area contributed by atoms with Crippen LogP contribution in [0.4, 0.5) is 5.82 Å². The van der Waals surface area contributed by atoms with Crippen LogP contribution in [0.2, 0.25) is 0 Å². The zero-order valence-corrected chi connectivity index (χ0v) is 10.4. The molecule has 2 heterocycles. The summed E-state index contributed by atoms with van der Waals surface area (Å²) in [4.78, 5) is 24.1. The lowest BCUT2D eigenvalue weighted by atomic mass is 9.96. The highest BCUT2D eigenvalue weighted by atomic mass is 16.2. The SMILES string of the molecule is Cn1cnc2ncnc(NC(=O)C(C)(C)C)c21. The number of hydrogen-bond donors (Lipinski definition) is 1. The summed E-state index contributed by atoms with van der Waals surface area (Å²) in [7, 11) is 1.84. The standard InChI is InChI=1S/C11H15N5O/c1-11(2,3)10(17)15-9-7-8(12-5-13-9)14-6-16(7)4/h5-6H,1-4H3,(H,12,13,15,17). The van der Waals surface area contributed by atoms with E-state index in [1.807, 2.05) is 27.8 Å². The minimum atomic E-state index is -0.462. The van der Waals surface area contributed by atoms with Gasteiger partial charge < -0.3 is 9.88 Å². The van der Waals surface area contributed by atoms with E-state index in [-0.39, 0.29) is 5.91 Å². The van der Waals surface area contributed by atoms with Crippen LogP contribution < -0.4 is 5.32 Å². The minimum absolute atomic E-state index is 0.0845. The van der Waals surface area contributed by atoms with Gasteiger partial charge in [0.05, 0.1) is 6.33 Å². The Balaban J connectivity index is 2.43. The van der Waals surface area contributed by atoms with Gasteiger partial charge in [-0.05, 0) is 0 Å². The second kappa shape index (κ2) is 3.80. The van der Waals surface area contributed by atoms with E-state index >= 15 is 0 Å². The highest BCUT2D eigenvalue weighted by molar-refractivity contribution is 5.99. The van der Waals surface area contributed by atoms with Crippen molar-refractivity contribution in [2.75, 3.05) is 5.32 Å². The van der Waals surface area contributed by atoms with Crippen LogP contribution in [0, 0.1) is 5.41 Å². The van der Waals surface area contributed by atoms with Gasteiger partial charge in [-0.3, -0.25) is 4.79 Å². The first kappa shape index (κ1) is 11.5. The van der Waals surface area contributed by atoms with Crippen molar-refractivity contribution in [3.63, 3.8) is 0 Å². The average Bonchev–Trinajstić information content (AvgIpc) is 2.60. The summed E-state index contributed by atoms with van der Waals surface area (Å²) in [5.74, 6) is 0.411. The molecule has 6 heteroatoms. The Morgan fingerprint density at radius 1 is 1.29 bits per heavy atom. The molecule has 6 nitrogen and oxygen atoms in total. The van der Waals surface area contributed by atoms with Crippen molar-refractivity contribution in [1.29, 1.82) is 0 Å². The number of aryl methyl sites for hydroxylation is 1. The third-order valence-electron chi connectivity index (χ3n) is 2.42. The molecule has 17 heavy (non-hydrogen) atoms. The molecule has 0 saturated heterocycles. The van der Waals surface area contributed by atoms with Crippen LogP contribution in [0.25, 0.3) is 11.2 Å². The molecule has 90 valence electrons. The van der Waals surface area contributed by atoms with E-state index in [0.717, 1.165) is 5.52 Å². The highest BCUT2D eigenvalue weighted by Gasteiger charge is 2.23. The summed E-state index contributed by atoms with van der Waals surface area (Å²) in [6.45, 7) is 5.55. The molecule has 0 aliphatic carbocycles. The van der Waals surface area contributed by atoms with Gasteiger partial charge in [-0.25, -0.2) is 15.0 Å². The van der Waals surface area contributed by atoms with Gasteiger partial charge in [0, 0.05) is 12.5 Å². The number of rotatable bonds is 1. The maximum Gasteiger partial charge on any atom is 0.230 e. The molecule has 0 atom stereocenters. The number of carbonyl (C=O) groups is 1. The predicted molar refractivity (Wildman–Crippen MR) is 64.4 cm³/mol. The summed E-state index contributed by atoms with van der Waals surface area (Å²) < 4.78 is 1.79. The Morgan fingerprint density at radius 3 is 2.65 bits per heavy atom. The molecule has 2 aromatic heterocycles. The molecule has 1 N–H and O–H groups in total. The summed E-state index contributed by atoms with van der Waals surface area (Å²) in [5.41, 5.74) is 0.840. The lowest BCUT2D eigenvalue weighted by Gasteiger charge is -2.17. The van der Waals surface area contributed by atoms with Gasteiger partial charge in [0.1, 0.15) is 11.8 Å². The lowest BCUT2D eigenvalue weighted by molar-refractivity contribution is -0.123. The fourth-order valence-corrected chi connectivity index (χ4v) is 1.37. The summed E-state index contributed by atoms with van der Waals surface area (Å²) in [6, 6.07) is 0. The Labute approximate surface area is 99.1 Å². The topological polar surface area (TPSA) is 72.7 Å².